The predicted octanol–water partition coefficient (Wildman–Crippen LogP) is 3.64. The van der Waals surface area contributed by atoms with E-state index in [2.05, 4.69) is 41.5 Å². The van der Waals surface area contributed by atoms with Gasteiger partial charge in [-0.15, -0.1) is 0 Å². The van der Waals surface area contributed by atoms with E-state index in [1.807, 2.05) is 32.9 Å². The van der Waals surface area contributed by atoms with Crippen molar-refractivity contribution in [2.75, 3.05) is 0 Å². The molecule has 1 aromatic carbocycles. The number of rotatable bonds is 3. The summed E-state index contributed by atoms with van der Waals surface area (Å²) in [5.74, 6) is 0.0249. The third kappa shape index (κ3) is 3.91. The Balaban J connectivity index is 2.36. The van der Waals surface area contributed by atoms with E-state index in [1.165, 1.54) is 5.56 Å². The molecule has 2 aromatic rings. The summed E-state index contributed by atoms with van der Waals surface area (Å²) in [6.45, 7) is 7.80. The van der Waals surface area contributed by atoms with E-state index in [4.69, 9.17) is 0 Å². The molecular weight excluding hydrogens is 260 g/mol. The molecule has 1 unspecified atom stereocenters. The molecule has 21 heavy (non-hydrogen) atoms. The van der Waals surface area contributed by atoms with E-state index in [0.717, 1.165) is 11.1 Å². The molecule has 2 rings (SSSR count). The van der Waals surface area contributed by atoms with Crippen molar-refractivity contribution in [1.82, 2.24) is 10.3 Å². The Labute approximate surface area is 126 Å². The Kier molecular flexibility index (Phi) is 4.41. The smallest absolute Gasteiger partial charge is 0.226 e. The first-order valence-corrected chi connectivity index (χ1v) is 7.15. The molecule has 1 atom stereocenters. The van der Waals surface area contributed by atoms with Gasteiger partial charge in [0.05, 0.1) is 6.04 Å². The minimum atomic E-state index is -0.425. The van der Waals surface area contributed by atoms with Gasteiger partial charge >= 0.3 is 0 Å². The number of carbonyl (C=O) groups excluding carboxylic acids is 1. The lowest BCUT2D eigenvalue weighted by atomic mass is 9.93. The van der Waals surface area contributed by atoms with Crippen LogP contribution in [0.25, 0.3) is 0 Å². The average molecular weight is 282 g/mol. The second kappa shape index (κ2) is 6.08. The third-order valence-corrected chi connectivity index (χ3v) is 3.39. The predicted molar refractivity (Wildman–Crippen MR) is 84.9 cm³/mol. The lowest BCUT2D eigenvalue weighted by Crippen LogP contribution is -2.37. The summed E-state index contributed by atoms with van der Waals surface area (Å²) in [6.07, 6.45) is 3.54. The number of benzene rings is 1. The van der Waals surface area contributed by atoms with Crippen molar-refractivity contribution in [1.29, 1.82) is 0 Å². The second-order valence-electron chi connectivity index (χ2n) is 6.35. The maximum Gasteiger partial charge on any atom is 0.226 e. The monoisotopic (exact) mass is 282 g/mol. The number of hydrogen-bond acceptors (Lipinski definition) is 2. The summed E-state index contributed by atoms with van der Waals surface area (Å²) in [5, 5.41) is 3.13. The molecule has 3 heteroatoms. The summed E-state index contributed by atoms with van der Waals surface area (Å²) in [6, 6.07) is 11.9. The molecule has 0 radical (unpaired) electrons. The van der Waals surface area contributed by atoms with Crippen molar-refractivity contribution in [3.05, 3.63) is 65.5 Å². The van der Waals surface area contributed by atoms with Gasteiger partial charge in [0.15, 0.2) is 0 Å². The summed E-state index contributed by atoms with van der Waals surface area (Å²) < 4.78 is 0. The van der Waals surface area contributed by atoms with Gasteiger partial charge in [-0.2, -0.15) is 0 Å². The minimum Gasteiger partial charge on any atom is -0.345 e. The molecule has 0 saturated carbocycles. The average Bonchev–Trinajstić information content (AvgIpc) is 2.45. The number of amides is 1. The molecule has 1 aromatic heterocycles. The lowest BCUT2D eigenvalue weighted by Gasteiger charge is -2.25. The highest BCUT2D eigenvalue weighted by Crippen LogP contribution is 2.24. The lowest BCUT2D eigenvalue weighted by molar-refractivity contribution is -0.129. The van der Waals surface area contributed by atoms with E-state index >= 15 is 0 Å². The van der Waals surface area contributed by atoms with Crippen LogP contribution >= 0.6 is 0 Å². The number of aromatic nitrogens is 1. The normalized spacial score (nSPS) is 12.8. The van der Waals surface area contributed by atoms with Crippen LogP contribution < -0.4 is 5.32 Å². The van der Waals surface area contributed by atoms with Gasteiger partial charge in [0, 0.05) is 17.8 Å². The van der Waals surface area contributed by atoms with Crippen LogP contribution in [0.4, 0.5) is 0 Å². The van der Waals surface area contributed by atoms with Crippen LogP contribution in [0.5, 0.6) is 0 Å². The Morgan fingerprint density at radius 1 is 1.10 bits per heavy atom. The second-order valence-corrected chi connectivity index (χ2v) is 6.35. The number of nitrogens with one attached hydrogen (secondary N) is 1. The van der Waals surface area contributed by atoms with Crippen LogP contribution in [0.15, 0.2) is 48.8 Å². The van der Waals surface area contributed by atoms with Crippen molar-refractivity contribution < 1.29 is 4.79 Å². The van der Waals surface area contributed by atoms with Gasteiger partial charge in [-0.3, -0.25) is 9.78 Å². The fourth-order valence-electron chi connectivity index (χ4n) is 2.01. The first kappa shape index (κ1) is 15.2. The van der Waals surface area contributed by atoms with Gasteiger partial charge in [0.1, 0.15) is 0 Å². The summed E-state index contributed by atoms with van der Waals surface area (Å²) >= 11 is 0. The molecule has 110 valence electrons. The number of nitrogens with zero attached hydrogens (tertiary/aromatic N) is 1. The van der Waals surface area contributed by atoms with Gasteiger partial charge in [-0.1, -0.05) is 56.7 Å². The summed E-state index contributed by atoms with van der Waals surface area (Å²) in [4.78, 5) is 16.5. The van der Waals surface area contributed by atoms with Crippen LogP contribution in [-0.2, 0) is 4.79 Å². The van der Waals surface area contributed by atoms with E-state index in [1.54, 1.807) is 12.4 Å². The maximum atomic E-state index is 12.4. The highest BCUT2D eigenvalue weighted by Gasteiger charge is 2.25. The molecule has 1 N–H and O–H groups in total. The van der Waals surface area contributed by atoms with Crippen LogP contribution in [0.1, 0.15) is 43.5 Å². The molecule has 1 amide bonds. The van der Waals surface area contributed by atoms with E-state index in [-0.39, 0.29) is 11.9 Å². The quantitative estimate of drug-likeness (QED) is 0.933. The molecule has 0 aliphatic heterocycles. The fourth-order valence-corrected chi connectivity index (χ4v) is 2.01. The van der Waals surface area contributed by atoms with Crippen molar-refractivity contribution in [3.8, 4) is 0 Å². The molecule has 3 nitrogen and oxygen atoms in total. The number of pyridine rings is 1. The van der Waals surface area contributed by atoms with Crippen molar-refractivity contribution in [2.24, 2.45) is 5.41 Å². The number of carbonyl (C=O) groups is 1. The number of hydrogen-bond donors (Lipinski definition) is 1. The fraction of sp³-hybridized carbons (Fsp3) is 0.333. The third-order valence-electron chi connectivity index (χ3n) is 3.39. The maximum absolute atomic E-state index is 12.4. The molecule has 0 spiro atoms. The molecule has 0 fully saturated rings. The van der Waals surface area contributed by atoms with Crippen LogP contribution in [0.2, 0.25) is 0 Å². The van der Waals surface area contributed by atoms with Crippen molar-refractivity contribution in [3.63, 3.8) is 0 Å². The van der Waals surface area contributed by atoms with E-state index in [9.17, 15) is 4.79 Å². The summed E-state index contributed by atoms with van der Waals surface area (Å²) in [7, 11) is 0. The molecular formula is C18H22N2O. The first-order valence-electron chi connectivity index (χ1n) is 7.15. The van der Waals surface area contributed by atoms with Gasteiger partial charge in [-0.25, -0.2) is 0 Å². The zero-order chi connectivity index (χ0) is 15.5. The summed E-state index contributed by atoms with van der Waals surface area (Å²) in [5.41, 5.74) is 2.82. The molecule has 0 saturated heterocycles. The first-order chi connectivity index (χ1) is 9.88. The van der Waals surface area contributed by atoms with Crippen molar-refractivity contribution in [2.45, 2.75) is 33.7 Å². The van der Waals surface area contributed by atoms with Crippen molar-refractivity contribution >= 4 is 5.91 Å². The van der Waals surface area contributed by atoms with E-state index in [0.29, 0.717) is 0 Å². The minimum absolute atomic E-state index is 0.0249. The Bertz CT molecular complexity index is 597. The SMILES string of the molecule is Cc1ccc(C(NC(=O)C(C)(C)C)c2cccnc2)cc1. The van der Waals surface area contributed by atoms with Crippen LogP contribution in [-0.4, -0.2) is 10.9 Å². The molecule has 0 aliphatic rings. The largest absolute Gasteiger partial charge is 0.345 e. The Hall–Kier alpha value is -2.16. The Morgan fingerprint density at radius 2 is 1.76 bits per heavy atom. The zero-order valence-electron chi connectivity index (χ0n) is 13.1. The van der Waals surface area contributed by atoms with Gasteiger partial charge in [0.2, 0.25) is 5.91 Å². The zero-order valence-corrected chi connectivity index (χ0v) is 13.1. The topological polar surface area (TPSA) is 42.0 Å². The standard InChI is InChI=1S/C18H22N2O/c1-13-7-9-14(10-8-13)16(15-6-5-11-19-12-15)20-17(21)18(2,3)4/h5-12,16H,1-4H3,(H,20,21). The van der Waals surface area contributed by atoms with Crippen LogP contribution in [0.3, 0.4) is 0 Å². The highest BCUT2D eigenvalue weighted by molar-refractivity contribution is 5.82. The molecule has 0 aliphatic carbocycles. The number of aryl methyl sites for hydroxylation is 1. The van der Waals surface area contributed by atoms with Gasteiger partial charge in [0.25, 0.3) is 0 Å². The van der Waals surface area contributed by atoms with Crippen LogP contribution in [0, 0.1) is 12.3 Å². The molecule has 1 heterocycles. The van der Waals surface area contributed by atoms with E-state index < -0.39 is 5.41 Å². The van der Waals surface area contributed by atoms with Gasteiger partial charge in [-0.05, 0) is 24.1 Å². The highest BCUT2D eigenvalue weighted by atomic mass is 16.2. The van der Waals surface area contributed by atoms with Gasteiger partial charge < -0.3 is 5.32 Å². The molecule has 0 bridgehead atoms. The Morgan fingerprint density at radius 3 is 2.29 bits per heavy atom.